The lowest BCUT2D eigenvalue weighted by Gasteiger charge is -2.14. The smallest absolute Gasteiger partial charge is 0.304 e. The van der Waals surface area contributed by atoms with E-state index in [0.717, 1.165) is 24.0 Å². The standard InChI is InChI=1S/C27H32N2O6/c1-27(2,3)26(32)21-15-20(28-34-21)25-23(18-11-12-18)24(29-35-25)19(14-22(30)31)10-7-13-33-16-17-8-5-4-6-9-17/h4-6,8-9,15,18-19H,7,10-14,16H2,1-3H3,(H,30,31)/t19-/m0/s1. The van der Waals surface area contributed by atoms with Gasteiger partial charge >= 0.3 is 5.97 Å². The second-order valence-electron chi connectivity index (χ2n) is 10.2. The molecule has 1 aliphatic carbocycles. The molecule has 8 heteroatoms. The fourth-order valence-corrected chi connectivity index (χ4v) is 4.16. The van der Waals surface area contributed by atoms with Crippen LogP contribution in [0, 0.1) is 5.41 Å². The van der Waals surface area contributed by atoms with E-state index in [1.165, 1.54) is 0 Å². The molecule has 0 bridgehead atoms. The number of carbonyl (C=O) groups is 2. The van der Waals surface area contributed by atoms with Gasteiger partial charge in [0.15, 0.2) is 11.5 Å². The van der Waals surface area contributed by atoms with Crippen molar-refractivity contribution in [2.75, 3.05) is 6.61 Å². The largest absolute Gasteiger partial charge is 0.481 e. The number of aliphatic carboxylic acids is 1. The quantitative estimate of drug-likeness (QED) is 0.248. The summed E-state index contributed by atoms with van der Waals surface area (Å²) in [5.74, 6) is -0.451. The van der Waals surface area contributed by atoms with Crippen molar-refractivity contribution in [1.82, 2.24) is 10.3 Å². The molecule has 0 unspecified atom stereocenters. The number of hydrogen-bond donors (Lipinski definition) is 1. The molecule has 1 atom stereocenters. The van der Waals surface area contributed by atoms with Crippen molar-refractivity contribution in [3.63, 3.8) is 0 Å². The van der Waals surface area contributed by atoms with Crippen LogP contribution in [0.5, 0.6) is 0 Å². The lowest BCUT2D eigenvalue weighted by molar-refractivity contribution is -0.137. The molecule has 1 N–H and O–H groups in total. The van der Waals surface area contributed by atoms with Crippen molar-refractivity contribution < 1.29 is 28.5 Å². The highest BCUT2D eigenvalue weighted by Gasteiger charge is 2.37. The van der Waals surface area contributed by atoms with E-state index in [-0.39, 0.29) is 29.8 Å². The van der Waals surface area contributed by atoms with Crippen LogP contribution < -0.4 is 0 Å². The number of nitrogens with zero attached hydrogens (tertiary/aromatic N) is 2. The predicted octanol–water partition coefficient (Wildman–Crippen LogP) is 5.99. The Bertz CT molecular complexity index is 1150. The number of carboxylic acid groups (broad SMARTS) is 1. The molecule has 1 saturated carbocycles. The first-order valence-corrected chi connectivity index (χ1v) is 12.1. The summed E-state index contributed by atoms with van der Waals surface area (Å²) >= 11 is 0. The van der Waals surface area contributed by atoms with Gasteiger partial charge in [-0.1, -0.05) is 61.4 Å². The monoisotopic (exact) mass is 480 g/mol. The van der Waals surface area contributed by atoms with Crippen LogP contribution in [0.25, 0.3) is 11.5 Å². The maximum Gasteiger partial charge on any atom is 0.304 e. The van der Waals surface area contributed by atoms with Gasteiger partial charge in [-0.2, -0.15) is 0 Å². The minimum atomic E-state index is -0.883. The van der Waals surface area contributed by atoms with Crippen LogP contribution >= 0.6 is 0 Å². The molecule has 0 amide bonds. The van der Waals surface area contributed by atoms with Crippen molar-refractivity contribution in [3.8, 4) is 11.5 Å². The average Bonchev–Trinajstić information content (AvgIpc) is 3.37. The maximum atomic E-state index is 12.6. The molecule has 35 heavy (non-hydrogen) atoms. The Balaban J connectivity index is 1.49. The van der Waals surface area contributed by atoms with Gasteiger partial charge < -0.3 is 18.9 Å². The number of Topliss-reactive ketones (excluding diaryl/α,β-unsaturated/α-hetero) is 1. The summed E-state index contributed by atoms with van der Waals surface area (Å²) in [5.41, 5.74) is 2.48. The zero-order valence-electron chi connectivity index (χ0n) is 20.5. The van der Waals surface area contributed by atoms with Crippen molar-refractivity contribution in [2.45, 2.75) is 71.3 Å². The van der Waals surface area contributed by atoms with E-state index in [1.54, 1.807) is 6.07 Å². The molecule has 1 fully saturated rings. The van der Waals surface area contributed by atoms with Crippen LogP contribution in [0.1, 0.15) is 92.1 Å². The molecule has 0 spiro atoms. The third-order valence-electron chi connectivity index (χ3n) is 6.15. The third-order valence-corrected chi connectivity index (χ3v) is 6.15. The van der Waals surface area contributed by atoms with Gasteiger partial charge in [0, 0.05) is 29.6 Å². The van der Waals surface area contributed by atoms with E-state index in [2.05, 4.69) is 10.3 Å². The summed E-state index contributed by atoms with van der Waals surface area (Å²) in [4.78, 5) is 24.2. The molecule has 0 saturated heterocycles. The molecular weight excluding hydrogens is 448 g/mol. The molecule has 0 aliphatic heterocycles. The summed E-state index contributed by atoms with van der Waals surface area (Å²) in [6, 6.07) is 11.5. The SMILES string of the molecule is CC(C)(C)C(=O)c1cc(-c2onc([C@@H](CCCOCc3ccccc3)CC(=O)O)c2C2CC2)no1. The minimum Gasteiger partial charge on any atom is -0.481 e. The Morgan fingerprint density at radius 2 is 1.89 bits per heavy atom. The van der Waals surface area contributed by atoms with Crippen LogP contribution in [0.3, 0.4) is 0 Å². The Hall–Kier alpha value is -3.26. The zero-order chi connectivity index (χ0) is 25.0. The van der Waals surface area contributed by atoms with E-state index in [4.69, 9.17) is 13.8 Å². The fourth-order valence-electron chi connectivity index (χ4n) is 4.16. The number of ether oxygens (including phenoxy) is 1. The number of aromatic nitrogens is 2. The number of hydrogen-bond acceptors (Lipinski definition) is 7. The van der Waals surface area contributed by atoms with E-state index in [9.17, 15) is 14.7 Å². The molecule has 2 aromatic heterocycles. The molecule has 0 radical (unpaired) electrons. The molecule has 8 nitrogen and oxygen atoms in total. The highest BCUT2D eigenvalue weighted by Crippen LogP contribution is 2.48. The minimum absolute atomic E-state index is 0.0447. The van der Waals surface area contributed by atoms with Gasteiger partial charge in [0.1, 0.15) is 0 Å². The van der Waals surface area contributed by atoms with E-state index in [0.29, 0.717) is 43.2 Å². The average molecular weight is 481 g/mol. The number of benzene rings is 1. The van der Waals surface area contributed by atoms with E-state index in [1.807, 2.05) is 51.1 Å². The first-order valence-electron chi connectivity index (χ1n) is 12.1. The Labute approximate surface area is 204 Å². The van der Waals surface area contributed by atoms with Crippen molar-refractivity contribution >= 4 is 11.8 Å². The van der Waals surface area contributed by atoms with Gasteiger partial charge in [-0.25, -0.2) is 0 Å². The van der Waals surface area contributed by atoms with Crippen molar-refractivity contribution in [3.05, 3.63) is 59.0 Å². The topological polar surface area (TPSA) is 116 Å². The summed E-state index contributed by atoms with van der Waals surface area (Å²) in [5, 5.41) is 17.9. The summed E-state index contributed by atoms with van der Waals surface area (Å²) in [6.07, 6.45) is 3.22. The second-order valence-corrected chi connectivity index (χ2v) is 10.2. The van der Waals surface area contributed by atoms with Gasteiger partial charge in [0.05, 0.1) is 18.7 Å². The summed E-state index contributed by atoms with van der Waals surface area (Å²) < 4.78 is 16.8. The highest BCUT2D eigenvalue weighted by molar-refractivity contribution is 5.98. The lowest BCUT2D eigenvalue weighted by atomic mass is 9.89. The van der Waals surface area contributed by atoms with Gasteiger partial charge in [-0.15, -0.1) is 0 Å². The van der Waals surface area contributed by atoms with Gasteiger partial charge in [-0.05, 0) is 37.2 Å². The number of carbonyl (C=O) groups excluding carboxylic acids is 1. The van der Waals surface area contributed by atoms with Gasteiger partial charge in [-0.3, -0.25) is 9.59 Å². The Kier molecular flexibility index (Phi) is 7.50. The van der Waals surface area contributed by atoms with Crippen LogP contribution in [-0.2, 0) is 16.1 Å². The van der Waals surface area contributed by atoms with Crippen molar-refractivity contribution in [2.24, 2.45) is 5.41 Å². The Morgan fingerprint density at radius 3 is 2.54 bits per heavy atom. The molecule has 1 aliphatic rings. The predicted molar refractivity (Wildman–Crippen MR) is 128 cm³/mol. The van der Waals surface area contributed by atoms with Crippen LogP contribution in [0.4, 0.5) is 0 Å². The second kappa shape index (κ2) is 10.6. The molecule has 186 valence electrons. The molecule has 1 aromatic carbocycles. The van der Waals surface area contributed by atoms with E-state index >= 15 is 0 Å². The molecule has 4 rings (SSSR count). The third kappa shape index (κ3) is 6.25. The van der Waals surface area contributed by atoms with Crippen LogP contribution in [0.2, 0.25) is 0 Å². The van der Waals surface area contributed by atoms with Gasteiger partial charge in [0.2, 0.25) is 11.5 Å². The molecular formula is C27H32N2O6. The number of ketones is 1. The Morgan fingerprint density at radius 1 is 1.14 bits per heavy atom. The number of carboxylic acids is 1. The molecule has 3 aromatic rings. The summed E-state index contributed by atoms with van der Waals surface area (Å²) in [6.45, 7) is 6.50. The highest BCUT2D eigenvalue weighted by atomic mass is 16.5. The number of rotatable bonds is 12. The van der Waals surface area contributed by atoms with Crippen LogP contribution in [0.15, 0.2) is 45.4 Å². The normalized spacial score (nSPS) is 14.7. The van der Waals surface area contributed by atoms with Gasteiger partial charge in [0.25, 0.3) is 0 Å². The fraction of sp³-hybridized carbons (Fsp3) is 0.481. The summed E-state index contributed by atoms with van der Waals surface area (Å²) in [7, 11) is 0. The molecule has 2 heterocycles. The maximum absolute atomic E-state index is 12.6. The zero-order valence-corrected chi connectivity index (χ0v) is 20.5. The first kappa shape index (κ1) is 24.9. The lowest BCUT2D eigenvalue weighted by Crippen LogP contribution is -2.19. The first-order chi connectivity index (χ1) is 16.7. The van der Waals surface area contributed by atoms with E-state index < -0.39 is 11.4 Å². The van der Waals surface area contributed by atoms with Crippen LogP contribution in [-0.4, -0.2) is 33.8 Å². The van der Waals surface area contributed by atoms with Crippen molar-refractivity contribution in [1.29, 1.82) is 0 Å².